The number of oxazole rings is 1. The lowest BCUT2D eigenvalue weighted by Gasteiger charge is -2.31. The minimum atomic E-state index is -0.415. The van der Waals surface area contributed by atoms with Gasteiger partial charge in [0.1, 0.15) is 6.26 Å². The third-order valence-electron chi connectivity index (χ3n) is 2.66. The van der Waals surface area contributed by atoms with Crippen LogP contribution in [-0.4, -0.2) is 21.6 Å². The second-order valence-corrected chi connectivity index (χ2v) is 5.32. The van der Waals surface area contributed by atoms with E-state index in [1.54, 1.807) is 24.3 Å². The van der Waals surface area contributed by atoms with Gasteiger partial charge in [0.05, 0.1) is 17.4 Å². The van der Waals surface area contributed by atoms with Gasteiger partial charge in [-0.05, 0) is 45.0 Å². The summed E-state index contributed by atoms with van der Waals surface area (Å²) in [5, 5.41) is 13.7. The molecule has 106 valence electrons. The highest BCUT2D eigenvalue weighted by Gasteiger charge is 2.20. The fourth-order valence-corrected chi connectivity index (χ4v) is 1.60. The molecular weight excluding hydrogens is 258 g/mol. The zero-order valence-electron chi connectivity index (χ0n) is 11.6. The number of amides is 1. The van der Waals surface area contributed by atoms with E-state index >= 15 is 0 Å². The minimum Gasteiger partial charge on any atom is -0.432 e. The predicted octanol–water partition coefficient (Wildman–Crippen LogP) is 2.92. The maximum absolute atomic E-state index is 11.9. The number of carbonyl (C=O) groups is 1. The Morgan fingerprint density at radius 2 is 1.95 bits per heavy atom. The number of hydrogen-bond donors (Lipinski definition) is 2. The van der Waals surface area contributed by atoms with Gasteiger partial charge in [-0.2, -0.15) is 0 Å². The third kappa shape index (κ3) is 3.16. The van der Waals surface area contributed by atoms with Crippen molar-refractivity contribution in [2.24, 2.45) is 0 Å². The normalized spacial score (nSPS) is 11.2. The molecule has 0 saturated carbocycles. The number of aromatic nitrogens is 1. The van der Waals surface area contributed by atoms with Crippen molar-refractivity contribution in [2.75, 3.05) is 10.4 Å². The van der Waals surface area contributed by atoms with E-state index in [2.05, 4.69) is 10.3 Å². The van der Waals surface area contributed by atoms with Crippen molar-refractivity contribution in [1.82, 2.24) is 4.98 Å². The van der Waals surface area contributed by atoms with Crippen molar-refractivity contribution in [3.05, 3.63) is 42.3 Å². The summed E-state index contributed by atoms with van der Waals surface area (Å²) in [6.45, 7) is 5.66. The number of hydroxylamine groups is 1. The first-order valence-electron chi connectivity index (χ1n) is 6.18. The lowest BCUT2D eigenvalue weighted by Crippen LogP contribution is -2.38. The number of hydrogen-bond acceptors (Lipinski definition) is 5. The highest BCUT2D eigenvalue weighted by Crippen LogP contribution is 2.22. The quantitative estimate of drug-likeness (QED) is 0.842. The predicted molar refractivity (Wildman–Crippen MR) is 74.9 cm³/mol. The summed E-state index contributed by atoms with van der Waals surface area (Å²) in [5.41, 5.74) is 0.654. The molecule has 2 rings (SSSR count). The Bertz CT molecular complexity index is 571. The van der Waals surface area contributed by atoms with Crippen molar-refractivity contribution in [3.8, 4) is 0 Å². The van der Waals surface area contributed by atoms with Crippen molar-refractivity contribution in [1.29, 1.82) is 0 Å². The Balaban J connectivity index is 2.10. The van der Waals surface area contributed by atoms with Gasteiger partial charge < -0.3 is 4.42 Å². The molecule has 6 nitrogen and oxygen atoms in total. The maximum Gasteiger partial charge on any atom is 0.301 e. The summed E-state index contributed by atoms with van der Waals surface area (Å²) in [6, 6.07) is 6.76. The van der Waals surface area contributed by atoms with Gasteiger partial charge in [-0.1, -0.05) is 0 Å². The van der Waals surface area contributed by atoms with E-state index < -0.39 is 5.54 Å². The van der Waals surface area contributed by atoms with Crippen LogP contribution >= 0.6 is 0 Å². The summed E-state index contributed by atoms with van der Waals surface area (Å²) in [7, 11) is 0. The fourth-order valence-electron chi connectivity index (χ4n) is 1.60. The Morgan fingerprint density at radius 1 is 1.30 bits per heavy atom. The average Bonchev–Trinajstić information content (AvgIpc) is 2.90. The molecule has 6 heteroatoms. The van der Waals surface area contributed by atoms with Crippen molar-refractivity contribution < 1.29 is 14.4 Å². The highest BCUT2D eigenvalue weighted by atomic mass is 16.5. The largest absolute Gasteiger partial charge is 0.432 e. The van der Waals surface area contributed by atoms with Crippen LogP contribution in [0.1, 0.15) is 31.1 Å². The molecule has 0 aliphatic carbocycles. The Kier molecular flexibility index (Phi) is 3.76. The topological polar surface area (TPSA) is 78.6 Å². The van der Waals surface area contributed by atoms with Crippen LogP contribution in [0.3, 0.4) is 0 Å². The summed E-state index contributed by atoms with van der Waals surface area (Å²) in [5.74, 6) is -0.320. The minimum absolute atomic E-state index is 0.151. The standard InChI is InChI=1S/C14H17N3O3/c1-14(2,3)17(19)11-6-4-10(5-7-11)12(18)16-13-15-8-9-20-13/h4-9,19H,1-3H3,(H,15,16,18). The molecule has 20 heavy (non-hydrogen) atoms. The molecule has 1 heterocycles. The molecule has 0 aliphatic heterocycles. The Morgan fingerprint density at radius 3 is 2.45 bits per heavy atom. The molecule has 0 spiro atoms. The summed E-state index contributed by atoms with van der Waals surface area (Å²) in [6.07, 6.45) is 2.83. The summed E-state index contributed by atoms with van der Waals surface area (Å²) in [4.78, 5) is 15.7. The van der Waals surface area contributed by atoms with Crippen LogP contribution in [-0.2, 0) is 0 Å². The SMILES string of the molecule is CC(C)(C)N(O)c1ccc(C(=O)Nc2ncco2)cc1. The van der Waals surface area contributed by atoms with Crippen LogP contribution in [0.15, 0.2) is 41.1 Å². The van der Waals surface area contributed by atoms with E-state index in [4.69, 9.17) is 4.42 Å². The maximum atomic E-state index is 11.9. The van der Waals surface area contributed by atoms with E-state index in [9.17, 15) is 10.0 Å². The smallest absolute Gasteiger partial charge is 0.301 e. The molecule has 1 amide bonds. The van der Waals surface area contributed by atoms with E-state index in [1.807, 2.05) is 20.8 Å². The van der Waals surface area contributed by atoms with Crippen LogP contribution < -0.4 is 10.4 Å². The van der Waals surface area contributed by atoms with Gasteiger partial charge in [0.25, 0.3) is 5.91 Å². The van der Waals surface area contributed by atoms with Crippen LogP contribution in [0.4, 0.5) is 11.7 Å². The van der Waals surface area contributed by atoms with Crippen molar-refractivity contribution in [2.45, 2.75) is 26.3 Å². The Hall–Kier alpha value is -2.34. The molecule has 0 unspecified atom stereocenters. The fraction of sp³-hybridized carbons (Fsp3) is 0.286. The third-order valence-corrected chi connectivity index (χ3v) is 2.66. The lowest BCUT2D eigenvalue weighted by molar-refractivity contribution is 0.102. The van der Waals surface area contributed by atoms with E-state index in [0.717, 1.165) is 5.06 Å². The molecule has 1 aromatic carbocycles. The molecule has 2 aromatic rings. The van der Waals surface area contributed by atoms with Crippen LogP contribution in [0.25, 0.3) is 0 Å². The molecule has 0 bridgehead atoms. The van der Waals surface area contributed by atoms with Gasteiger partial charge in [-0.25, -0.2) is 4.98 Å². The lowest BCUT2D eigenvalue weighted by atomic mass is 10.1. The number of carbonyl (C=O) groups excluding carboxylic acids is 1. The monoisotopic (exact) mass is 275 g/mol. The van der Waals surface area contributed by atoms with Gasteiger partial charge in [-0.15, -0.1) is 0 Å². The molecule has 2 N–H and O–H groups in total. The van der Waals surface area contributed by atoms with Gasteiger partial charge in [0.2, 0.25) is 0 Å². The Labute approximate surface area is 117 Å². The van der Waals surface area contributed by atoms with Crippen molar-refractivity contribution in [3.63, 3.8) is 0 Å². The van der Waals surface area contributed by atoms with Crippen LogP contribution in [0.5, 0.6) is 0 Å². The molecule has 0 fully saturated rings. The number of anilines is 2. The number of rotatable bonds is 3. The second kappa shape index (κ2) is 5.34. The first kappa shape index (κ1) is 14.1. The van der Waals surface area contributed by atoms with Crippen LogP contribution in [0.2, 0.25) is 0 Å². The van der Waals surface area contributed by atoms with Gasteiger partial charge >= 0.3 is 6.01 Å². The van der Waals surface area contributed by atoms with E-state index in [-0.39, 0.29) is 11.9 Å². The number of nitrogens with one attached hydrogen (secondary N) is 1. The second-order valence-electron chi connectivity index (χ2n) is 5.32. The average molecular weight is 275 g/mol. The summed E-state index contributed by atoms with van der Waals surface area (Å²) < 4.78 is 4.94. The van der Waals surface area contributed by atoms with Crippen molar-refractivity contribution >= 4 is 17.6 Å². The number of benzene rings is 1. The first-order chi connectivity index (χ1) is 9.38. The molecule has 0 aliphatic rings. The van der Waals surface area contributed by atoms with Gasteiger partial charge in [-0.3, -0.25) is 20.4 Å². The highest BCUT2D eigenvalue weighted by molar-refractivity contribution is 6.03. The van der Waals surface area contributed by atoms with E-state index in [1.165, 1.54) is 12.5 Å². The van der Waals surface area contributed by atoms with Gasteiger partial charge in [0.15, 0.2) is 0 Å². The zero-order chi connectivity index (χ0) is 14.8. The molecule has 0 saturated heterocycles. The number of nitrogens with zero attached hydrogens (tertiary/aromatic N) is 2. The van der Waals surface area contributed by atoms with E-state index in [0.29, 0.717) is 11.3 Å². The first-order valence-corrected chi connectivity index (χ1v) is 6.18. The molecule has 1 aromatic heterocycles. The van der Waals surface area contributed by atoms with Gasteiger partial charge in [0, 0.05) is 5.56 Å². The zero-order valence-corrected chi connectivity index (χ0v) is 11.6. The molecular formula is C14H17N3O3. The molecule has 0 radical (unpaired) electrons. The van der Waals surface area contributed by atoms with Crippen LogP contribution in [0, 0.1) is 0 Å². The molecule has 0 atom stereocenters. The summed E-state index contributed by atoms with van der Waals surface area (Å²) >= 11 is 0.